The van der Waals surface area contributed by atoms with Crippen molar-refractivity contribution in [1.29, 1.82) is 0 Å². The Morgan fingerprint density at radius 1 is 1.07 bits per heavy atom. The molecule has 1 aromatic heterocycles. The monoisotopic (exact) mass is 629 g/mol. The predicted octanol–water partition coefficient (Wildman–Crippen LogP) is 4.23. The molecule has 1 atom stereocenters. The zero-order chi connectivity index (χ0) is 32.4. The highest BCUT2D eigenvalue weighted by atomic mass is 32.2. The van der Waals surface area contributed by atoms with Gasteiger partial charge in [0.2, 0.25) is 17.8 Å². The van der Waals surface area contributed by atoms with Crippen LogP contribution in [0.25, 0.3) is 0 Å². The predicted molar refractivity (Wildman–Crippen MR) is 169 cm³/mol. The van der Waals surface area contributed by atoms with Crippen molar-refractivity contribution in [2.24, 2.45) is 5.92 Å². The maximum atomic E-state index is 13.6. The first-order valence-electron chi connectivity index (χ1n) is 14.8. The summed E-state index contributed by atoms with van der Waals surface area (Å²) < 4.78 is 30.7. The molecule has 0 bridgehead atoms. The first-order valence-corrected chi connectivity index (χ1v) is 16.7. The number of nitrogens with zero attached hydrogens (tertiary/aromatic N) is 4. The minimum absolute atomic E-state index is 0.00377. The van der Waals surface area contributed by atoms with E-state index in [0.717, 1.165) is 38.4 Å². The number of aromatic nitrogens is 2. The molecule has 1 aliphatic heterocycles. The topological polar surface area (TPSA) is 163 Å². The number of carbonyl (C=O) groups excluding carboxylic acids is 3. The molecule has 1 unspecified atom stereocenters. The first kappa shape index (κ1) is 33.0. The second-order valence-corrected chi connectivity index (χ2v) is 14.7. The molecule has 0 radical (unpaired) electrons. The fraction of sp³-hybridized carbons (Fsp3) is 0.567. The highest BCUT2D eigenvalue weighted by Gasteiger charge is 2.33. The number of hydrogen-bond donors (Lipinski definition) is 3. The number of nitrogens with one attached hydrogen (secondary N) is 3. The quantitative estimate of drug-likeness (QED) is 0.385. The second kappa shape index (κ2) is 13.0. The standard InChI is InChI=1S/C30H43N7O6S/c1-18(2)37-17-24(38)36(6)23-16-31-28(35-26(23)37)33-21-13-20(14-22(15-21)44(7,41)42)32-27(39)25(19-11-9-8-10-12-19)34-29(40)43-30(3,4)5/h13-16,18-19,25H,8-12,17H2,1-7H3,(H,32,39)(H,34,40)(H,31,33,35). The van der Waals surface area contributed by atoms with Gasteiger partial charge in [0.25, 0.3) is 0 Å². The second-order valence-electron chi connectivity index (χ2n) is 12.7. The summed E-state index contributed by atoms with van der Waals surface area (Å²) in [7, 11) is -2.01. The van der Waals surface area contributed by atoms with Gasteiger partial charge in [0, 0.05) is 30.7 Å². The average Bonchev–Trinajstić information content (AvgIpc) is 2.92. The van der Waals surface area contributed by atoms with Gasteiger partial charge in [0.15, 0.2) is 15.7 Å². The van der Waals surface area contributed by atoms with E-state index in [1.807, 2.05) is 18.7 Å². The SMILES string of the molecule is CC(C)N1CC(=O)N(C)c2cnc(Nc3cc(NC(=O)C(NC(=O)OC(C)(C)C)C4CCCCC4)cc(S(C)(=O)=O)c3)nc21. The number of sulfone groups is 1. The van der Waals surface area contributed by atoms with Crippen LogP contribution in [0.2, 0.25) is 0 Å². The van der Waals surface area contributed by atoms with Crippen LogP contribution < -0.4 is 25.8 Å². The fourth-order valence-corrected chi connectivity index (χ4v) is 6.05. The number of ether oxygens (including phenoxy) is 1. The van der Waals surface area contributed by atoms with Gasteiger partial charge in [0.1, 0.15) is 17.3 Å². The molecule has 2 heterocycles. The van der Waals surface area contributed by atoms with Gasteiger partial charge in [-0.3, -0.25) is 9.59 Å². The van der Waals surface area contributed by atoms with E-state index in [9.17, 15) is 22.8 Å². The molecule has 13 nitrogen and oxygen atoms in total. The first-order chi connectivity index (χ1) is 20.5. The summed E-state index contributed by atoms with van der Waals surface area (Å²) in [6.07, 6.45) is 6.42. The van der Waals surface area contributed by atoms with Crippen molar-refractivity contribution in [3.8, 4) is 0 Å². The third-order valence-corrected chi connectivity index (χ3v) is 8.71. The third-order valence-electron chi connectivity index (χ3n) is 7.62. The van der Waals surface area contributed by atoms with Crippen molar-refractivity contribution in [2.75, 3.05) is 40.3 Å². The summed E-state index contributed by atoms with van der Waals surface area (Å²) in [5.41, 5.74) is 0.371. The van der Waals surface area contributed by atoms with Crippen molar-refractivity contribution in [1.82, 2.24) is 15.3 Å². The molecular weight excluding hydrogens is 586 g/mol. The maximum absolute atomic E-state index is 13.6. The molecule has 0 saturated heterocycles. The van der Waals surface area contributed by atoms with Crippen LogP contribution in [0, 0.1) is 5.92 Å². The summed E-state index contributed by atoms with van der Waals surface area (Å²) in [6, 6.07) is 3.52. The number of benzene rings is 1. The summed E-state index contributed by atoms with van der Waals surface area (Å²) in [6.45, 7) is 9.32. The molecule has 240 valence electrons. The fourth-order valence-electron chi connectivity index (χ4n) is 5.37. The van der Waals surface area contributed by atoms with E-state index in [-0.39, 0.29) is 40.9 Å². The normalized spacial score (nSPS) is 16.8. The third kappa shape index (κ3) is 8.16. The number of alkyl carbamates (subject to hydrolysis) is 1. The van der Waals surface area contributed by atoms with E-state index in [1.54, 1.807) is 33.9 Å². The molecule has 1 aromatic carbocycles. The van der Waals surface area contributed by atoms with E-state index >= 15 is 0 Å². The zero-order valence-corrected chi connectivity index (χ0v) is 27.2. The summed E-state index contributed by atoms with van der Waals surface area (Å²) in [4.78, 5) is 51.1. The van der Waals surface area contributed by atoms with Crippen molar-refractivity contribution < 1.29 is 27.5 Å². The van der Waals surface area contributed by atoms with Crippen LogP contribution in [0.5, 0.6) is 0 Å². The smallest absolute Gasteiger partial charge is 0.408 e. The van der Waals surface area contributed by atoms with Gasteiger partial charge in [-0.25, -0.2) is 18.2 Å². The van der Waals surface area contributed by atoms with Crippen molar-refractivity contribution in [3.05, 3.63) is 24.4 Å². The number of amides is 3. The Kier molecular flexibility index (Phi) is 9.71. The molecule has 1 fully saturated rings. The molecule has 4 rings (SSSR count). The lowest BCUT2D eigenvalue weighted by Gasteiger charge is -2.36. The van der Waals surface area contributed by atoms with Gasteiger partial charge < -0.3 is 30.5 Å². The maximum Gasteiger partial charge on any atom is 0.408 e. The lowest BCUT2D eigenvalue weighted by Crippen LogP contribution is -2.50. The molecule has 2 aromatic rings. The molecule has 1 saturated carbocycles. The van der Waals surface area contributed by atoms with Crippen molar-refractivity contribution in [3.63, 3.8) is 0 Å². The number of hydrogen-bond acceptors (Lipinski definition) is 10. The van der Waals surface area contributed by atoms with Crippen LogP contribution in [0.15, 0.2) is 29.3 Å². The van der Waals surface area contributed by atoms with Gasteiger partial charge in [-0.2, -0.15) is 4.98 Å². The average molecular weight is 630 g/mol. The highest BCUT2D eigenvalue weighted by Crippen LogP contribution is 2.34. The lowest BCUT2D eigenvalue weighted by molar-refractivity contribution is -0.120. The van der Waals surface area contributed by atoms with Crippen molar-refractivity contribution in [2.45, 2.75) is 89.3 Å². The molecule has 0 spiro atoms. The minimum atomic E-state index is -3.68. The van der Waals surface area contributed by atoms with Crippen LogP contribution in [-0.4, -0.2) is 73.8 Å². The van der Waals surface area contributed by atoms with Crippen LogP contribution in [0.3, 0.4) is 0 Å². The van der Waals surface area contributed by atoms with Gasteiger partial charge in [0.05, 0.1) is 17.6 Å². The van der Waals surface area contributed by atoms with E-state index in [1.165, 1.54) is 23.2 Å². The minimum Gasteiger partial charge on any atom is -0.444 e. The Labute approximate surface area is 259 Å². The van der Waals surface area contributed by atoms with E-state index in [4.69, 9.17) is 4.74 Å². The Bertz CT molecular complexity index is 1520. The zero-order valence-electron chi connectivity index (χ0n) is 26.4. The molecular formula is C30H43N7O6S. The summed E-state index contributed by atoms with van der Waals surface area (Å²) in [5.74, 6) is 0.113. The molecule has 14 heteroatoms. The van der Waals surface area contributed by atoms with Crippen LogP contribution in [0.1, 0.15) is 66.7 Å². The van der Waals surface area contributed by atoms with Gasteiger partial charge in [-0.05, 0) is 71.6 Å². The van der Waals surface area contributed by atoms with E-state index < -0.39 is 33.5 Å². The van der Waals surface area contributed by atoms with E-state index in [0.29, 0.717) is 17.2 Å². The summed E-state index contributed by atoms with van der Waals surface area (Å²) >= 11 is 0. The van der Waals surface area contributed by atoms with Gasteiger partial charge in [-0.15, -0.1) is 0 Å². The molecule has 3 N–H and O–H groups in total. The lowest BCUT2D eigenvalue weighted by atomic mass is 9.83. The number of carbonyl (C=O) groups is 3. The van der Waals surface area contributed by atoms with Crippen molar-refractivity contribution >= 4 is 56.6 Å². The van der Waals surface area contributed by atoms with Gasteiger partial charge >= 0.3 is 6.09 Å². The number of likely N-dealkylation sites (N-methyl/N-ethyl adjacent to an activating group) is 1. The Morgan fingerprint density at radius 2 is 1.73 bits per heavy atom. The molecule has 44 heavy (non-hydrogen) atoms. The van der Waals surface area contributed by atoms with E-state index in [2.05, 4.69) is 25.9 Å². The number of fused-ring (bicyclic) bond motifs is 1. The van der Waals surface area contributed by atoms with Crippen LogP contribution >= 0.6 is 0 Å². The van der Waals surface area contributed by atoms with Crippen LogP contribution in [-0.2, 0) is 24.2 Å². The summed E-state index contributed by atoms with van der Waals surface area (Å²) in [5, 5.41) is 8.63. The Morgan fingerprint density at radius 3 is 2.34 bits per heavy atom. The molecule has 3 amide bonds. The van der Waals surface area contributed by atoms with Crippen LogP contribution in [0.4, 0.5) is 33.6 Å². The molecule has 2 aliphatic rings. The Hall–Kier alpha value is -3.94. The highest BCUT2D eigenvalue weighted by molar-refractivity contribution is 7.90. The van der Waals surface area contributed by atoms with Gasteiger partial charge in [-0.1, -0.05) is 19.3 Å². The number of anilines is 5. The Balaban J connectivity index is 1.63. The molecule has 1 aliphatic carbocycles. The largest absolute Gasteiger partial charge is 0.444 e. The number of rotatable bonds is 8.